The fraction of sp³-hybridized carbons (Fsp3) is 0.278. The maximum atomic E-state index is 13.1. The van der Waals surface area contributed by atoms with Crippen molar-refractivity contribution in [3.8, 4) is 5.75 Å². The van der Waals surface area contributed by atoms with Gasteiger partial charge < -0.3 is 20.0 Å². The van der Waals surface area contributed by atoms with E-state index in [9.17, 15) is 23.4 Å². The van der Waals surface area contributed by atoms with Crippen molar-refractivity contribution in [3.63, 3.8) is 0 Å². The zero-order chi connectivity index (χ0) is 31.2. The van der Waals surface area contributed by atoms with Gasteiger partial charge in [-0.25, -0.2) is 0 Å². The number of phenolic OH excluding ortho intramolecular Hbond substituents is 1. The Morgan fingerprint density at radius 3 is 1.93 bits per heavy atom. The molecule has 0 aliphatic rings. The van der Waals surface area contributed by atoms with Crippen molar-refractivity contribution >= 4 is 28.3 Å². The lowest BCUT2D eigenvalue weighted by Crippen LogP contribution is -2.22. The molecule has 0 saturated heterocycles. The summed E-state index contributed by atoms with van der Waals surface area (Å²) in [5, 5.41) is 20.7. The Morgan fingerprint density at radius 1 is 0.767 bits per heavy atom. The zero-order valence-corrected chi connectivity index (χ0v) is 25.1. The lowest BCUT2D eigenvalue weighted by molar-refractivity contribution is -0.134. The van der Waals surface area contributed by atoms with E-state index in [0.717, 1.165) is 40.2 Å². The number of nitrogens with zero attached hydrogens (tertiary/aromatic N) is 2. The molecular formula is C36H39F3N2O2. The molecule has 0 spiro atoms. The predicted octanol–water partition coefficient (Wildman–Crippen LogP) is 9.71. The molecule has 0 aliphatic heterocycles. The van der Waals surface area contributed by atoms with E-state index < -0.39 is 18.2 Å². The van der Waals surface area contributed by atoms with Gasteiger partial charge in [0.1, 0.15) is 5.75 Å². The standard InChI is InChI=1S/C36H39F3N2O2/c1-5-10-34(26-13-15-29(16-14-26)40(4)30-17-19-33(42)20-18-30)27-23-28(35(2,3)43)25-32(24-27)41(22-9-21-36(37,38)39)31-11-7-6-8-12-31/h6-8,10-20,23-25,42-43H,5,9,21-22H2,1-4H3/b34-10-. The van der Waals surface area contributed by atoms with Crippen LogP contribution in [0.4, 0.5) is 35.9 Å². The number of benzene rings is 4. The Hall–Kier alpha value is -4.23. The quantitative estimate of drug-likeness (QED) is 0.183. The van der Waals surface area contributed by atoms with Crippen LogP contribution in [0.3, 0.4) is 0 Å². The van der Waals surface area contributed by atoms with Crippen LogP contribution in [0.2, 0.25) is 0 Å². The molecule has 2 N–H and O–H groups in total. The second-order valence-electron chi connectivity index (χ2n) is 11.2. The first-order valence-electron chi connectivity index (χ1n) is 14.5. The van der Waals surface area contributed by atoms with Crippen molar-refractivity contribution in [1.29, 1.82) is 0 Å². The van der Waals surface area contributed by atoms with E-state index in [2.05, 4.69) is 13.0 Å². The summed E-state index contributed by atoms with van der Waals surface area (Å²) in [5.41, 5.74) is 5.71. The second-order valence-corrected chi connectivity index (χ2v) is 11.2. The molecule has 43 heavy (non-hydrogen) atoms. The molecular weight excluding hydrogens is 549 g/mol. The third-order valence-corrected chi connectivity index (χ3v) is 7.37. The topological polar surface area (TPSA) is 46.9 Å². The van der Waals surface area contributed by atoms with Crippen LogP contribution in [0.5, 0.6) is 5.75 Å². The fourth-order valence-corrected chi connectivity index (χ4v) is 5.02. The Labute approximate surface area is 252 Å². The summed E-state index contributed by atoms with van der Waals surface area (Å²) in [7, 11) is 1.96. The van der Waals surface area contributed by atoms with E-state index in [-0.39, 0.29) is 18.7 Å². The number of aliphatic hydroxyl groups is 1. The molecule has 4 aromatic carbocycles. The van der Waals surface area contributed by atoms with Crippen LogP contribution in [0, 0.1) is 0 Å². The van der Waals surface area contributed by atoms with Gasteiger partial charge in [0.2, 0.25) is 0 Å². The molecule has 7 heteroatoms. The normalized spacial score (nSPS) is 12.3. The van der Waals surface area contributed by atoms with Crippen molar-refractivity contribution < 1.29 is 23.4 Å². The van der Waals surface area contributed by atoms with Gasteiger partial charge >= 0.3 is 6.18 Å². The van der Waals surface area contributed by atoms with E-state index in [0.29, 0.717) is 11.3 Å². The average molecular weight is 589 g/mol. The van der Waals surface area contributed by atoms with Gasteiger partial charge in [-0.1, -0.05) is 43.3 Å². The van der Waals surface area contributed by atoms with Gasteiger partial charge in [0.15, 0.2) is 0 Å². The maximum absolute atomic E-state index is 13.1. The first-order valence-corrected chi connectivity index (χ1v) is 14.5. The van der Waals surface area contributed by atoms with Gasteiger partial charge in [0.25, 0.3) is 0 Å². The van der Waals surface area contributed by atoms with Crippen LogP contribution in [-0.4, -0.2) is 30.0 Å². The Balaban J connectivity index is 1.76. The minimum absolute atomic E-state index is 0.0614. The van der Waals surface area contributed by atoms with Crippen molar-refractivity contribution in [2.75, 3.05) is 23.4 Å². The fourth-order valence-electron chi connectivity index (χ4n) is 5.02. The maximum Gasteiger partial charge on any atom is 0.389 e. The molecule has 0 aromatic heterocycles. The van der Waals surface area contributed by atoms with Gasteiger partial charge in [-0.2, -0.15) is 13.2 Å². The minimum atomic E-state index is -4.23. The van der Waals surface area contributed by atoms with Gasteiger partial charge in [-0.05, 0) is 116 Å². The van der Waals surface area contributed by atoms with E-state index >= 15 is 0 Å². The number of halogens is 3. The summed E-state index contributed by atoms with van der Waals surface area (Å²) in [6.45, 7) is 5.65. The van der Waals surface area contributed by atoms with Gasteiger partial charge in [-0.3, -0.25) is 0 Å². The summed E-state index contributed by atoms with van der Waals surface area (Å²) in [6.07, 6.45) is -2.28. The molecule has 0 bridgehead atoms. The van der Waals surface area contributed by atoms with Gasteiger partial charge in [0, 0.05) is 42.8 Å². The number of hydrogen-bond donors (Lipinski definition) is 2. The number of phenols is 1. The Bertz CT molecular complexity index is 1510. The van der Waals surface area contributed by atoms with Crippen LogP contribution in [0.25, 0.3) is 5.57 Å². The highest BCUT2D eigenvalue weighted by atomic mass is 19.4. The number of anilines is 4. The predicted molar refractivity (Wildman–Crippen MR) is 170 cm³/mol. The van der Waals surface area contributed by atoms with Crippen LogP contribution in [-0.2, 0) is 5.60 Å². The van der Waals surface area contributed by atoms with Crippen molar-refractivity contribution in [1.82, 2.24) is 0 Å². The average Bonchev–Trinajstić information content (AvgIpc) is 2.97. The Kier molecular flexibility index (Phi) is 9.87. The summed E-state index contributed by atoms with van der Waals surface area (Å²) < 4.78 is 39.3. The number of allylic oxidation sites excluding steroid dienone is 1. The summed E-state index contributed by atoms with van der Waals surface area (Å²) in [6, 6.07) is 30.3. The van der Waals surface area contributed by atoms with Crippen LogP contribution < -0.4 is 9.80 Å². The van der Waals surface area contributed by atoms with Crippen LogP contribution >= 0.6 is 0 Å². The lowest BCUT2D eigenvalue weighted by Gasteiger charge is -2.29. The summed E-state index contributed by atoms with van der Waals surface area (Å²) in [4.78, 5) is 3.92. The number of para-hydroxylation sites is 1. The third-order valence-electron chi connectivity index (χ3n) is 7.37. The molecule has 0 saturated carbocycles. The van der Waals surface area contributed by atoms with Crippen LogP contribution in [0.15, 0.2) is 103 Å². The van der Waals surface area contributed by atoms with E-state index in [1.54, 1.807) is 26.0 Å². The SMILES string of the molecule is CC/C=C(/c1ccc(N(C)c2ccc(O)cc2)cc1)c1cc(N(CCCC(F)(F)F)c2ccccc2)cc(C(C)(C)O)c1. The van der Waals surface area contributed by atoms with Crippen molar-refractivity contribution in [2.45, 2.75) is 51.8 Å². The molecule has 0 radical (unpaired) electrons. The molecule has 4 nitrogen and oxygen atoms in total. The molecule has 0 heterocycles. The zero-order valence-electron chi connectivity index (χ0n) is 25.1. The highest BCUT2D eigenvalue weighted by Crippen LogP contribution is 2.37. The number of rotatable bonds is 11. The smallest absolute Gasteiger partial charge is 0.389 e. The second kappa shape index (κ2) is 13.4. The van der Waals surface area contributed by atoms with E-state index in [1.165, 1.54) is 0 Å². The van der Waals surface area contributed by atoms with Crippen molar-refractivity contribution in [2.24, 2.45) is 0 Å². The summed E-state index contributed by atoms with van der Waals surface area (Å²) >= 11 is 0. The first-order chi connectivity index (χ1) is 20.4. The highest BCUT2D eigenvalue weighted by molar-refractivity contribution is 5.83. The lowest BCUT2D eigenvalue weighted by atomic mass is 9.90. The molecule has 4 aromatic rings. The largest absolute Gasteiger partial charge is 0.508 e. The van der Waals surface area contributed by atoms with Gasteiger partial charge in [-0.15, -0.1) is 0 Å². The minimum Gasteiger partial charge on any atom is -0.508 e. The molecule has 226 valence electrons. The van der Waals surface area contributed by atoms with Crippen molar-refractivity contribution in [3.05, 3.63) is 120 Å². The molecule has 0 aliphatic carbocycles. The number of alkyl halides is 3. The molecule has 0 fully saturated rings. The van der Waals surface area contributed by atoms with E-state index in [1.807, 2.05) is 102 Å². The molecule has 0 atom stereocenters. The molecule has 0 unspecified atom stereocenters. The number of aromatic hydroxyl groups is 1. The molecule has 4 rings (SSSR count). The summed E-state index contributed by atoms with van der Waals surface area (Å²) in [5.74, 6) is 0.209. The van der Waals surface area contributed by atoms with Gasteiger partial charge in [0.05, 0.1) is 5.60 Å². The third kappa shape index (κ3) is 8.42. The number of hydrogen-bond acceptors (Lipinski definition) is 4. The monoisotopic (exact) mass is 588 g/mol. The molecule has 0 amide bonds. The van der Waals surface area contributed by atoms with Crippen LogP contribution in [0.1, 0.15) is 56.7 Å². The first kappa shape index (κ1) is 31.7. The highest BCUT2D eigenvalue weighted by Gasteiger charge is 2.27. The Morgan fingerprint density at radius 2 is 1.37 bits per heavy atom. The van der Waals surface area contributed by atoms with E-state index in [4.69, 9.17) is 0 Å².